The van der Waals surface area contributed by atoms with Gasteiger partial charge in [0.25, 0.3) is 0 Å². The summed E-state index contributed by atoms with van der Waals surface area (Å²) in [5.41, 5.74) is 0.985. The summed E-state index contributed by atoms with van der Waals surface area (Å²) in [7, 11) is 1.97. The van der Waals surface area contributed by atoms with Gasteiger partial charge in [-0.2, -0.15) is 0 Å². The molecule has 1 aromatic carbocycles. The number of piperazine rings is 1. The third kappa shape index (κ3) is 6.05. The summed E-state index contributed by atoms with van der Waals surface area (Å²) in [4.78, 5) is 30.7. The van der Waals surface area contributed by atoms with Crippen LogP contribution in [0.15, 0.2) is 42.7 Å². The lowest BCUT2D eigenvalue weighted by Gasteiger charge is -2.35. The van der Waals surface area contributed by atoms with E-state index < -0.39 is 6.03 Å². The Kier molecular flexibility index (Phi) is 8.43. The van der Waals surface area contributed by atoms with Crippen molar-refractivity contribution in [1.29, 1.82) is 0 Å². The molecule has 1 atom stereocenters. The maximum absolute atomic E-state index is 12.1. The monoisotopic (exact) mass is 406 g/mol. The van der Waals surface area contributed by atoms with Gasteiger partial charge in [-0.05, 0) is 5.56 Å². The number of nitrogens with one attached hydrogen (secondary N) is 3. The van der Waals surface area contributed by atoms with Crippen molar-refractivity contribution in [2.24, 2.45) is 7.05 Å². The second-order valence-corrected chi connectivity index (χ2v) is 6.62. The van der Waals surface area contributed by atoms with E-state index in [1.54, 1.807) is 6.20 Å². The highest BCUT2D eigenvalue weighted by atomic mass is 35.5. The minimum Gasteiger partial charge on any atom is -0.337 e. The van der Waals surface area contributed by atoms with Gasteiger partial charge >= 0.3 is 6.03 Å². The number of urea groups is 1. The highest BCUT2D eigenvalue weighted by Crippen LogP contribution is 2.20. The molecule has 1 saturated heterocycles. The normalized spacial score (nSPS) is 16.8. The lowest BCUT2D eigenvalue weighted by Crippen LogP contribution is -2.48. The molecule has 0 aliphatic carbocycles. The topological polar surface area (TPSA) is 91.3 Å². The fourth-order valence-electron chi connectivity index (χ4n) is 3.22. The second-order valence-electron chi connectivity index (χ2n) is 6.62. The smallest absolute Gasteiger partial charge is 0.321 e. The van der Waals surface area contributed by atoms with Crippen molar-refractivity contribution in [3.63, 3.8) is 0 Å². The molecule has 8 nitrogen and oxygen atoms in total. The number of rotatable bonds is 6. The fourth-order valence-corrected chi connectivity index (χ4v) is 3.22. The molecule has 2 aromatic rings. The molecule has 3 rings (SSSR count). The number of aryl methyl sites for hydroxylation is 1. The van der Waals surface area contributed by atoms with Gasteiger partial charge in [0.05, 0.1) is 6.04 Å². The maximum atomic E-state index is 12.1. The Morgan fingerprint density at radius 3 is 2.79 bits per heavy atom. The van der Waals surface area contributed by atoms with Crippen LogP contribution in [0.25, 0.3) is 0 Å². The Bertz CT molecular complexity index is 767. The van der Waals surface area contributed by atoms with E-state index in [4.69, 9.17) is 0 Å². The van der Waals surface area contributed by atoms with E-state index in [0.29, 0.717) is 13.1 Å². The van der Waals surface area contributed by atoms with Crippen LogP contribution in [-0.2, 0) is 18.4 Å². The van der Waals surface area contributed by atoms with Gasteiger partial charge in [-0.1, -0.05) is 30.3 Å². The molecule has 1 aliphatic rings. The molecular formula is C19H27ClN6O2. The number of halogens is 1. The molecule has 1 unspecified atom stereocenters. The van der Waals surface area contributed by atoms with Gasteiger partial charge in [0.2, 0.25) is 5.91 Å². The zero-order chi connectivity index (χ0) is 19.1. The van der Waals surface area contributed by atoms with Crippen molar-refractivity contribution >= 4 is 24.3 Å². The molecule has 3 N–H and O–H groups in total. The lowest BCUT2D eigenvalue weighted by molar-refractivity contribution is -0.120. The zero-order valence-electron chi connectivity index (χ0n) is 15.9. The second kappa shape index (κ2) is 10.8. The molecule has 9 heteroatoms. The summed E-state index contributed by atoms with van der Waals surface area (Å²) < 4.78 is 2.00. The Balaban J connectivity index is 0.00000280. The summed E-state index contributed by atoms with van der Waals surface area (Å²) in [6.45, 7) is 3.48. The molecule has 1 fully saturated rings. The molecule has 0 radical (unpaired) electrons. The van der Waals surface area contributed by atoms with E-state index in [9.17, 15) is 9.59 Å². The van der Waals surface area contributed by atoms with Crippen molar-refractivity contribution < 1.29 is 9.59 Å². The number of imidazole rings is 1. The molecule has 0 bridgehead atoms. The van der Waals surface area contributed by atoms with Crippen molar-refractivity contribution in [3.8, 4) is 0 Å². The number of amides is 3. The van der Waals surface area contributed by atoms with Crippen LogP contribution < -0.4 is 16.0 Å². The summed E-state index contributed by atoms with van der Waals surface area (Å²) >= 11 is 0. The van der Waals surface area contributed by atoms with Crippen LogP contribution in [-0.4, -0.2) is 52.6 Å². The number of benzene rings is 1. The van der Waals surface area contributed by atoms with Gasteiger partial charge in [0, 0.05) is 58.6 Å². The lowest BCUT2D eigenvalue weighted by atomic mass is 10.1. The number of hydrogen-bond donors (Lipinski definition) is 3. The van der Waals surface area contributed by atoms with Gasteiger partial charge in [-0.3, -0.25) is 15.0 Å². The fraction of sp³-hybridized carbons (Fsp3) is 0.421. The van der Waals surface area contributed by atoms with E-state index >= 15 is 0 Å². The minimum absolute atomic E-state index is 0. The summed E-state index contributed by atoms with van der Waals surface area (Å²) in [6.07, 6.45) is 3.97. The first-order valence-corrected chi connectivity index (χ1v) is 9.17. The average molecular weight is 407 g/mol. The summed E-state index contributed by atoms with van der Waals surface area (Å²) in [5, 5.41) is 8.47. The van der Waals surface area contributed by atoms with E-state index in [1.165, 1.54) is 0 Å². The number of hydrogen-bond acceptors (Lipinski definition) is 5. The van der Waals surface area contributed by atoms with E-state index in [1.807, 2.05) is 48.1 Å². The molecule has 28 heavy (non-hydrogen) atoms. The van der Waals surface area contributed by atoms with Gasteiger partial charge in [-0.15, -0.1) is 12.4 Å². The Morgan fingerprint density at radius 2 is 2.07 bits per heavy atom. The van der Waals surface area contributed by atoms with Crippen LogP contribution in [0.1, 0.15) is 23.9 Å². The minimum atomic E-state index is -0.468. The third-order valence-corrected chi connectivity index (χ3v) is 4.69. The van der Waals surface area contributed by atoms with Crippen molar-refractivity contribution in [2.45, 2.75) is 19.0 Å². The molecule has 0 saturated carbocycles. The Hall–Kier alpha value is -2.42. The van der Waals surface area contributed by atoms with E-state index in [0.717, 1.165) is 31.0 Å². The van der Waals surface area contributed by atoms with Crippen LogP contribution in [0, 0.1) is 0 Å². The molecule has 1 aromatic heterocycles. The number of nitrogens with zero attached hydrogens (tertiary/aromatic N) is 3. The van der Waals surface area contributed by atoms with Crippen LogP contribution in [0.5, 0.6) is 0 Å². The first kappa shape index (κ1) is 21.9. The van der Waals surface area contributed by atoms with Crippen molar-refractivity contribution in [2.75, 3.05) is 26.2 Å². The highest BCUT2D eigenvalue weighted by molar-refractivity contribution is 5.94. The summed E-state index contributed by atoms with van der Waals surface area (Å²) in [6, 6.07) is 9.23. The van der Waals surface area contributed by atoms with Crippen LogP contribution in [0.2, 0.25) is 0 Å². The van der Waals surface area contributed by atoms with Crippen molar-refractivity contribution in [1.82, 2.24) is 30.4 Å². The first-order chi connectivity index (χ1) is 13.1. The molecule has 2 heterocycles. The van der Waals surface area contributed by atoms with Gasteiger partial charge in [0.15, 0.2) is 0 Å². The SMILES string of the molecule is Cl.Cn1ccnc1C1CNCCN1CCC(=O)NC(=O)NCc1ccccc1. The quantitative estimate of drug-likeness (QED) is 0.670. The Morgan fingerprint density at radius 1 is 1.29 bits per heavy atom. The van der Waals surface area contributed by atoms with Crippen molar-refractivity contribution in [3.05, 3.63) is 54.1 Å². The van der Waals surface area contributed by atoms with Crippen LogP contribution >= 0.6 is 12.4 Å². The molecule has 152 valence electrons. The number of imide groups is 1. The Labute approximate surface area is 171 Å². The van der Waals surface area contributed by atoms with Gasteiger partial charge < -0.3 is 15.2 Å². The van der Waals surface area contributed by atoms with Gasteiger partial charge in [0.1, 0.15) is 5.82 Å². The first-order valence-electron chi connectivity index (χ1n) is 9.17. The van der Waals surface area contributed by atoms with E-state index in [-0.39, 0.29) is 30.8 Å². The predicted octanol–water partition coefficient (Wildman–Crippen LogP) is 1.20. The zero-order valence-corrected chi connectivity index (χ0v) is 16.7. The summed E-state index contributed by atoms with van der Waals surface area (Å²) in [5.74, 6) is 0.695. The van der Waals surface area contributed by atoms with E-state index in [2.05, 4.69) is 25.8 Å². The predicted molar refractivity (Wildman–Crippen MR) is 109 cm³/mol. The van der Waals surface area contributed by atoms with Crippen LogP contribution in [0.4, 0.5) is 4.79 Å². The molecular weight excluding hydrogens is 380 g/mol. The number of carbonyl (C=O) groups excluding carboxylic acids is 2. The molecule has 0 spiro atoms. The largest absolute Gasteiger partial charge is 0.337 e. The molecule has 1 aliphatic heterocycles. The average Bonchev–Trinajstić information content (AvgIpc) is 3.11. The number of aromatic nitrogens is 2. The highest BCUT2D eigenvalue weighted by Gasteiger charge is 2.27. The third-order valence-electron chi connectivity index (χ3n) is 4.69. The maximum Gasteiger partial charge on any atom is 0.321 e. The standard InChI is InChI=1S/C19H26N6O2.ClH/c1-24-11-9-21-18(24)16-14-20-8-12-25(16)10-7-17(26)23-19(27)22-13-15-5-3-2-4-6-15;/h2-6,9,11,16,20H,7-8,10,12-14H2,1H3,(H2,22,23,26,27);1H. The van der Waals surface area contributed by atoms with Crippen LogP contribution in [0.3, 0.4) is 0 Å². The van der Waals surface area contributed by atoms with Gasteiger partial charge in [-0.25, -0.2) is 9.78 Å². The molecule has 3 amide bonds. The number of carbonyl (C=O) groups is 2.